The summed E-state index contributed by atoms with van der Waals surface area (Å²) in [4.78, 5) is 28.9. The highest BCUT2D eigenvalue weighted by Crippen LogP contribution is 2.25. The molecule has 0 radical (unpaired) electrons. The van der Waals surface area contributed by atoms with Crippen LogP contribution in [0.15, 0.2) is 48.8 Å². The van der Waals surface area contributed by atoms with E-state index < -0.39 is 6.04 Å². The van der Waals surface area contributed by atoms with E-state index in [1.807, 2.05) is 24.3 Å². The Bertz CT molecular complexity index is 868. The highest BCUT2D eigenvalue weighted by atomic mass is 16.2. The minimum Gasteiger partial charge on any atom is -0.384 e. The van der Waals surface area contributed by atoms with Gasteiger partial charge in [0.2, 0.25) is 11.8 Å². The number of nitrogens with zero attached hydrogens (tertiary/aromatic N) is 1. The number of rotatable bonds is 7. The van der Waals surface area contributed by atoms with E-state index in [1.165, 1.54) is 0 Å². The molecule has 1 aromatic heterocycles. The van der Waals surface area contributed by atoms with Gasteiger partial charge in [-0.25, -0.2) is 0 Å². The van der Waals surface area contributed by atoms with Gasteiger partial charge in [-0.2, -0.15) is 0 Å². The fourth-order valence-corrected chi connectivity index (χ4v) is 3.35. The summed E-state index contributed by atoms with van der Waals surface area (Å²) in [7, 11) is 0. The van der Waals surface area contributed by atoms with Crippen molar-refractivity contribution in [1.82, 2.24) is 20.9 Å². The minimum atomic E-state index is -0.638. The van der Waals surface area contributed by atoms with Gasteiger partial charge in [-0.05, 0) is 42.5 Å². The Morgan fingerprint density at radius 1 is 1.24 bits per heavy atom. The number of hydrogen-bond donors (Lipinski definition) is 5. The molecule has 29 heavy (non-hydrogen) atoms. The van der Waals surface area contributed by atoms with E-state index in [4.69, 9.17) is 11.1 Å². The minimum absolute atomic E-state index is 0.00334. The number of aromatic nitrogens is 1. The van der Waals surface area contributed by atoms with Gasteiger partial charge in [0.25, 0.3) is 0 Å². The van der Waals surface area contributed by atoms with Crippen LogP contribution in [0.25, 0.3) is 0 Å². The third-order valence-electron chi connectivity index (χ3n) is 5.11. The molecule has 1 saturated heterocycles. The molecule has 8 heteroatoms. The third-order valence-corrected chi connectivity index (χ3v) is 5.11. The summed E-state index contributed by atoms with van der Waals surface area (Å²) in [6.07, 6.45) is 4.19. The van der Waals surface area contributed by atoms with E-state index in [-0.39, 0.29) is 29.6 Å². The fraction of sp³-hybridized carbons (Fsp3) is 0.333. The topological polar surface area (TPSA) is 133 Å². The van der Waals surface area contributed by atoms with E-state index in [2.05, 4.69) is 20.9 Å². The predicted octanol–water partition coefficient (Wildman–Crippen LogP) is 0.632. The largest absolute Gasteiger partial charge is 0.384 e. The third kappa shape index (κ3) is 5.39. The summed E-state index contributed by atoms with van der Waals surface area (Å²) in [6, 6.07) is 10.1. The standard InChI is InChI=1S/C21H26N6O2/c1-13(20(28)26-11-14-2-4-16(5-3-14)19(22)23)27-21(29)18-10-17(12-25-18)15-6-8-24-9-7-15/h2-9,13,17-18,25H,10-12H2,1H3,(H3,22,23)(H,26,28)(H,27,29)/t13?,17-,18-/m1/s1. The number of nitrogens with one attached hydrogen (secondary N) is 4. The summed E-state index contributed by atoms with van der Waals surface area (Å²) in [6.45, 7) is 2.73. The van der Waals surface area contributed by atoms with Gasteiger partial charge in [0, 0.05) is 31.0 Å². The maximum atomic E-state index is 12.5. The van der Waals surface area contributed by atoms with Crippen LogP contribution in [-0.2, 0) is 16.1 Å². The number of carbonyl (C=O) groups is 2. The molecule has 0 aliphatic carbocycles. The van der Waals surface area contributed by atoms with Gasteiger partial charge < -0.3 is 21.7 Å². The summed E-state index contributed by atoms with van der Waals surface area (Å²) in [5.41, 5.74) is 8.11. The second-order valence-corrected chi connectivity index (χ2v) is 7.23. The number of hydrogen-bond acceptors (Lipinski definition) is 5. The maximum Gasteiger partial charge on any atom is 0.242 e. The number of benzene rings is 1. The highest BCUT2D eigenvalue weighted by Gasteiger charge is 2.31. The first-order chi connectivity index (χ1) is 13.9. The first-order valence-electron chi connectivity index (χ1n) is 9.58. The fourth-order valence-electron chi connectivity index (χ4n) is 3.35. The molecule has 1 aliphatic rings. The van der Waals surface area contributed by atoms with E-state index in [9.17, 15) is 9.59 Å². The molecule has 3 rings (SSSR count). The van der Waals surface area contributed by atoms with Crippen LogP contribution in [0.1, 0.15) is 36.0 Å². The molecule has 6 N–H and O–H groups in total. The first kappa shape index (κ1) is 20.5. The van der Waals surface area contributed by atoms with Gasteiger partial charge in [0.1, 0.15) is 11.9 Å². The Morgan fingerprint density at radius 2 is 1.93 bits per heavy atom. The van der Waals surface area contributed by atoms with Crippen LogP contribution in [0.5, 0.6) is 0 Å². The van der Waals surface area contributed by atoms with Crippen LogP contribution >= 0.6 is 0 Å². The molecule has 1 unspecified atom stereocenters. The molecule has 0 saturated carbocycles. The normalized spacial score (nSPS) is 19.3. The van der Waals surface area contributed by atoms with Crippen LogP contribution in [0, 0.1) is 5.41 Å². The van der Waals surface area contributed by atoms with Crippen LogP contribution in [0.4, 0.5) is 0 Å². The lowest BCUT2D eigenvalue weighted by Gasteiger charge is -2.17. The molecule has 152 valence electrons. The summed E-state index contributed by atoms with van der Waals surface area (Å²) >= 11 is 0. The van der Waals surface area contributed by atoms with Gasteiger partial charge in [-0.1, -0.05) is 24.3 Å². The molecule has 2 amide bonds. The molecule has 1 fully saturated rings. The van der Waals surface area contributed by atoms with Crippen molar-refractivity contribution < 1.29 is 9.59 Å². The van der Waals surface area contributed by atoms with E-state index in [0.29, 0.717) is 18.5 Å². The zero-order valence-electron chi connectivity index (χ0n) is 16.3. The van der Waals surface area contributed by atoms with E-state index in [1.54, 1.807) is 31.5 Å². The van der Waals surface area contributed by atoms with E-state index >= 15 is 0 Å². The van der Waals surface area contributed by atoms with Crippen LogP contribution < -0.4 is 21.7 Å². The summed E-state index contributed by atoms with van der Waals surface area (Å²) < 4.78 is 0. The number of carbonyl (C=O) groups excluding carboxylic acids is 2. The maximum absolute atomic E-state index is 12.5. The lowest BCUT2D eigenvalue weighted by atomic mass is 9.97. The highest BCUT2D eigenvalue weighted by molar-refractivity contribution is 5.95. The van der Waals surface area contributed by atoms with Gasteiger partial charge in [-0.3, -0.25) is 20.0 Å². The molecule has 3 atom stereocenters. The SMILES string of the molecule is CC(NC(=O)[C@H]1C[C@@H](c2ccncc2)CN1)C(=O)NCc1ccc(C(=N)N)cc1. The second kappa shape index (κ2) is 9.29. The Labute approximate surface area is 169 Å². The van der Waals surface area contributed by atoms with Gasteiger partial charge in [-0.15, -0.1) is 0 Å². The number of amides is 2. The first-order valence-corrected chi connectivity index (χ1v) is 9.58. The van der Waals surface area contributed by atoms with Crippen molar-refractivity contribution in [1.29, 1.82) is 5.41 Å². The van der Waals surface area contributed by atoms with Crippen molar-refractivity contribution in [2.24, 2.45) is 5.73 Å². The number of nitrogen functional groups attached to an aromatic ring is 1. The average molecular weight is 394 g/mol. The Morgan fingerprint density at radius 3 is 2.59 bits per heavy atom. The monoisotopic (exact) mass is 394 g/mol. The molecular weight excluding hydrogens is 368 g/mol. The van der Waals surface area contributed by atoms with Crippen LogP contribution in [0.2, 0.25) is 0 Å². The quantitative estimate of drug-likeness (QED) is 0.347. The lowest BCUT2D eigenvalue weighted by Crippen LogP contribution is -2.49. The molecule has 1 aromatic carbocycles. The van der Waals surface area contributed by atoms with Crippen LogP contribution in [-0.4, -0.2) is 41.3 Å². The second-order valence-electron chi connectivity index (χ2n) is 7.23. The molecule has 8 nitrogen and oxygen atoms in total. The predicted molar refractivity (Wildman–Crippen MR) is 110 cm³/mol. The van der Waals surface area contributed by atoms with Crippen LogP contribution in [0.3, 0.4) is 0 Å². The van der Waals surface area contributed by atoms with Crippen molar-refractivity contribution in [2.75, 3.05) is 6.54 Å². The summed E-state index contributed by atoms with van der Waals surface area (Å²) in [5.74, 6) is -0.160. The zero-order chi connectivity index (χ0) is 20.8. The molecule has 0 bridgehead atoms. The molecule has 1 aliphatic heterocycles. The van der Waals surface area contributed by atoms with Crippen molar-refractivity contribution in [3.63, 3.8) is 0 Å². The lowest BCUT2D eigenvalue weighted by molar-refractivity contribution is -0.129. The Hall–Kier alpha value is -3.26. The van der Waals surface area contributed by atoms with Crippen molar-refractivity contribution >= 4 is 17.6 Å². The molecule has 2 aromatic rings. The van der Waals surface area contributed by atoms with Gasteiger partial charge in [0.15, 0.2) is 0 Å². The number of nitrogens with two attached hydrogens (primary N) is 1. The Kier molecular flexibility index (Phi) is 6.56. The average Bonchev–Trinajstić information content (AvgIpc) is 3.23. The number of pyridine rings is 1. The Balaban J connectivity index is 1.45. The number of amidine groups is 1. The van der Waals surface area contributed by atoms with Gasteiger partial charge >= 0.3 is 0 Å². The zero-order valence-corrected chi connectivity index (χ0v) is 16.3. The van der Waals surface area contributed by atoms with Crippen molar-refractivity contribution in [3.05, 3.63) is 65.5 Å². The van der Waals surface area contributed by atoms with Crippen molar-refractivity contribution in [3.8, 4) is 0 Å². The smallest absolute Gasteiger partial charge is 0.242 e. The molecular formula is C21H26N6O2. The van der Waals surface area contributed by atoms with E-state index in [0.717, 1.165) is 17.7 Å². The molecule has 0 spiro atoms. The molecule has 2 heterocycles. The van der Waals surface area contributed by atoms with Crippen molar-refractivity contribution in [2.45, 2.75) is 37.9 Å². The van der Waals surface area contributed by atoms with Gasteiger partial charge in [0.05, 0.1) is 6.04 Å². The summed E-state index contributed by atoms with van der Waals surface area (Å²) in [5, 5.41) is 16.2.